The molecule has 2 nitrogen and oxygen atoms in total. The summed E-state index contributed by atoms with van der Waals surface area (Å²) in [7, 11) is 0. The molecule has 0 aliphatic carbocycles. The van der Waals surface area contributed by atoms with Gasteiger partial charge in [-0.2, -0.15) is 0 Å². The molecule has 0 aliphatic heterocycles. The minimum Gasteiger partial charge on any atom is -0.396 e. The summed E-state index contributed by atoms with van der Waals surface area (Å²) in [6.07, 6.45) is 0. The molecule has 2 heteroatoms. The summed E-state index contributed by atoms with van der Waals surface area (Å²) < 4.78 is 0. The van der Waals surface area contributed by atoms with Crippen molar-refractivity contribution < 1.29 is 10.2 Å². The molecular weight excluding hydrogens is 152 g/mol. The molecule has 0 radical (unpaired) electrons. The summed E-state index contributed by atoms with van der Waals surface area (Å²) in [4.78, 5) is 0. The predicted molar refractivity (Wildman–Crippen MR) is 47.9 cm³/mol. The second-order valence-electron chi connectivity index (χ2n) is 2.94. The molecule has 0 fully saturated rings. The average molecular weight is 166 g/mol. The summed E-state index contributed by atoms with van der Waals surface area (Å²) in [5.74, 6) is 0.105. The van der Waals surface area contributed by atoms with E-state index in [1.165, 1.54) is 0 Å². The van der Waals surface area contributed by atoms with Crippen LogP contribution in [0.1, 0.15) is 24.0 Å². The van der Waals surface area contributed by atoms with Crippen LogP contribution in [-0.2, 0) is 6.61 Å². The lowest BCUT2D eigenvalue weighted by Crippen LogP contribution is -2.02. The van der Waals surface area contributed by atoms with Gasteiger partial charge in [-0.05, 0) is 11.1 Å². The number of aliphatic hydroxyl groups is 2. The number of hydrogen-bond acceptors (Lipinski definition) is 2. The maximum Gasteiger partial charge on any atom is 0.0684 e. The third-order valence-corrected chi connectivity index (χ3v) is 2.03. The maximum absolute atomic E-state index is 8.98. The molecule has 1 aromatic carbocycles. The van der Waals surface area contributed by atoms with Crippen molar-refractivity contribution >= 4 is 0 Å². The van der Waals surface area contributed by atoms with Crippen molar-refractivity contribution in [2.24, 2.45) is 0 Å². The topological polar surface area (TPSA) is 40.5 Å². The van der Waals surface area contributed by atoms with E-state index in [-0.39, 0.29) is 19.1 Å². The van der Waals surface area contributed by atoms with Gasteiger partial charge < -0.3 is 10.2 Å². The van der Waals surface area contributed by atoms with Gasteiger partial charge in [0.05, 0.1) is 6.61 Å². The fraction of sp³-hybridized carbons (Fsp3) is 0.400. The van der Waals surface area contributed by atoms with Crippen molar-refractivity contribution in [2.45, 2.75) is 19.4 Å². The van der Waals surface area contributed by atoms with Crippen LogP contribution in [0.15, 0.2) is 24.3 Å². The van der Waals surface area contributed by atoms with Crippen LogP contribution in [0, 0.1) is 0 Å². The van der Waals surface area contributed by atoms with Crippen LogP contribution in [0.2, 0.25) is 0 Å². The maximum atomic E-state index is 8.98. The Morgan fingerprint density at radius 2 is 1.92 bits per heavy atom. The van der Waals surface area contributed by atoms with Crippen molar-refractivity contribution in [1.29, 1.82) is 0 Å². The molecule has 0 saturated carbocycles. The lowest BCUT2D eigenvalue weighted by atomic mass is 9.97. The Bertz CT molecular complexity index is 245. The Balaban J connectivity index is 2.96. The normalized spacial score (nSPS) is 12.9. The van der Waals surface area contributed by atoms with Crippen molar-refractivity contribution in [3.05, 3.63) is 35.4 Å². The molecule has 1 aromatic rings. The lowest BCUT2D eigenvalue weighted by molar-refractivity contribution is 0.263. The van der Waals surface area contributed by atoms with Crippen LogP contribution in [0.3, 0.4) is 0 Å². The highest BCUT2D eigenvalue weighted by molar-refractivity contribution is 5.29. The van der Waals surface area contributed by atoms with Crippen LogP contribution in [-0.4, -0.2) is 16.8 Å². The quantitative estimate of drug-likeness (QED) is 0.710. The van der Waals surface area contributed by atoms with E-state index < -0.39 is 0 Å². The third kappa shape index (κ3) is 1.84. The molecule has 0 saturated heterocycles. The molecule has 0 aliphatic rings. The molecule has 0 unspecified atom stereocenters. The standard InChI is InChI=1S/C10H14O2/c1-8(6-11)10-5-3-2-4-9(10)7-12/h2-5,8,11-12H,6-7H2,1H3/t8-/m0/s1. The minimum absolute atomic E-state index is 0.0422. The Morgan fingerprint density at radius 1 is 1.25 bits per heavy atom. The Morgan fingerprint density at radius 3 is 2.50 bits per heavy atom. The van der Waals surface area contributed by atoms with Gasteiger partial charge in [-0.1, -0.05) is 31.2 Å². The summed E-state index contributed by atoms with van der Waals surface area (Å²) >= 11 is 0. The van der Waals surface area contributed by atoms with Gasteiger partial charge in [0, 0.05) is 12.5 Å². The van der Waals surface area contributed by atoms with Gasteiger partial charge in [0.15, 0.2) is 0 Å². The van der Waals surface area contributed by atoms with Crippen LogP contribution in [0.5, 0.6) is 0 Å². The van der Waals surface area contributed by atoms with E-state index in [2.05, 4.69) is 0 Å². The first-order valence-corrected chi connectivity index (χ1v) is 4.09. The Labute approximate surface area is 72.5 Å². The van der Waals surface area contributed by atoms with E-state index in [4.69, 9.17) is 10.2 Å². The first-order chi connectivity index (χ1) is 5.79. The second-order valence-corrected chi connectivity index (χ2v) is 2.94. The van der Waals surface area contributed by atoms with Crippen molar-refractivity contribution in [1.82, 2.24) is 0 Å². The Kier molecular flexibility index (Phi) is 3.26. The molecule has 0 spiro atoms. The zero-order valence-corrected chi connectivity index (χ0v) is 7.20. The molecule has 1 rings (SSSR count). The van der Waals surface area contributed by atoms with Gasteiger partial charge in [-0.25, -0.2) is 0 Å². The summed E-state index contributed by atoms with van der Waals surface area (Å²) in [6, 6.07) is 7.62. The molecule has 2 N–H and O–H groups in total. The zero-order chi connectivity index (χ0) is 8.97. The van der Waals surface area contributed by atoms with Gasteiger partial charge in [-0.15, -0.1) is 0 Å². The zero-order valence-electron chi connectivity index (χ0n) is 7.20. The summed E-state index contributed by atoms with van der Waals surface area (Å²) in [5, 5.41) is 17.9. The Hall–Kier alpha value is -0.860. The average Bonchev–Trinajstić information content (AvgIpc) is 2.16. The van der Waals surface area contributed by atoms with Gasteiger partial charge in [0.25, 0.3) is 0 Å². The van der Waals surface area contributed by atoms with E-state index in [1.54, 1.807) is 0 Å². The predicted octanol–water partition coefficient (Wildman–Crippen LogP) is 1.27. The number of aliphatic hydroxyl groups excluding tert-OH is 2. The molecule has 0 bridgehead atoms. The molecule has 12 heavy (non-hydrogen) atoms. The first kappa shape index (κ1) is 9.23. The lowest BCUT2D eigenvalue weighted by Gasteiger charge is -2.11. The van der Waals surface area contributed by atoms with E-state index in [0.717, 1.165) is 11.1 Å². The monoisotopic (exact) mass is 166 g/mol. The molecular formula is C10H14O2. The number of hydrogen-bond donors (Lipinski definition) is 2. The van der Waals surface area contributed by atoms with Crippen LogP contribution < -0.4 is 0 Å². The largest absolute Gasteiger partial charge is 0.396 e. The highest BCUT2D eigenvalue weighted by atomic mass is 16.3. The fourth-order valence-electron chi connectivity index (χ4n) is 1.26. The highest BCUT2D eigenvalue weighted by Gasteiger charge is 2.07. The van der Waals surface area contributed by atoms with E-state index in [0.29, 0.717) is 0 Å². The van der Waals surface area contributed by atoms with Crippen molar-refractivity contribution in [2.75, 3.05) is 6.61 Å². The van der Waals surface area contributed by atoms with E-state index in [9.17, 15) is 0 Å². The molecule has 1 atom stereocenters. The SMILES string of the molecule is C[C@@H](CO)c1ccccc1CO. The fourth-order valence-corrected chi connectivity index (χ4v) is 1.26. The van der Waals surface area contributed by atoms with Crippen LogP contribution in [0.25, 0.3) is 0 Å². The minimum atomic E-state index is 0.0422. The van der Waals surface area contributed by atoms with Gasteiger partial charge >= 0.3 is 0 Å². The van der Waals surface area contributed by atoms with E-state index >= 15 is 0 Å². The smallest absolute Gasteiger partial charge is 0.0684 e. The summed E-state index contributed by atoms with van der Waals surface area (Å²) in [5.41, 5.74) is 1.93. The second kappa shape index (κ2) is 4.24. The summed E-state index contributed by atoms with van der Waals surface area (Å²) in [6.45, 7) is 2.10. The van der Waals surface area contributed by atoms with Crippen molar-refractivity contribution in [3.8, 4) is 0 Å². The van der Waals surface area contributed by atoms with Gasteiger partial charge in [0.2, 0.25) is 0 Å². The molecule has 0 aromatic heterocycles. The van der Waals surface area contributed by atoms with Crippen LogP contribution >= 0.6 is 0 Å². The van der Waals surface area contributed by atoms with Gasteiger partial charge in [0.1, 0.15) is 0 Å². The van der Waals surface area contributed by atoms with Crippen molar-refractivity contribution in [3.63, 3.8) is 0 Å². The number of rotatable bonds is 3. The molecule has 66 valence electrons. The molecule has 0 heterocycles. The van der Waals surface area contributed by atoms with Gasteiger partial charge in [-0.3, -0.25) is 0 Å². The first-order valence-electron chi connectivity index (χ1n) is 4.09. The molecule has 0 amide bonds. The van der Waals surface area contributed by atoms with Crippen LogP contribution in [0.4, 0.5) is 0 Å². The highest BCUT2D eigenvalue weighted by Crippen LogP contribution is 2.18. The third-order valence-electron chi connectivity index (χ3n) is 2.03. The van der Waals surface area contributed by atoms with E-state index in [1.807, 2.05) is 31.2 Å². The number of benzene rings is 1.